The van der Waals surface area contributed by atoms with Gasteiger partial charge in [0.1, 0.15) is 5.82 Å². The first-order valence-electron chi connectivity index (χ1n) is 10.1. The summed E-state index contributed by atoms with van der Waals surface area (Å²) in [4.78, 5) is 26.1. The lowest BCUT2D eigenvalue weighted by molar-refractivity contribution is -0.116. The van der Waals surface area contributed by atoms with Gasteiger partial charge in [-0.15, -0.1) is 0 Å². The molecule has 1 aliphatic heterocycles. The number of fused-ring (bicyclic) bond motifs is 1. The minimum Gasteiger partial charge on any atom is -0.493 e. The van der Waals surface area contributed by atoms with Crippen molar-refractivity contribution in [3.05, 3.63) is 64.3 Å². The number of Topliss-reactive ketones (excluding diaryl/α,β-unsaturated/α-hetero) is 1. The Morgan fingerprint density at radius 3 is 2.55 bits per heavy atom. The number of nitrogens with zero attached hydrogens (tertiary/aromatic N) is 2. The number of methoxy groups -OCH3 is 2. The van der Waals surface area contributed by atoms with Gasteiger partial charge in [-0.2, -0.15) is 5.10 Å². The molecule has 0 radical (unpaired) electrons. The molecule has 0 saturated carbocycles. The molecule has 1 aromatic heterocycles. The Morgan fingerprint density at radius 1 is 1.10 bits per heavy atom. The van der Waals surface area contributed by atoms with E-state index in [4.69, 9.17) is 14.6 Å². The number of rotatable bonds is 5. The Labute approximate surface area is 181 Å². The SMILES string of the molecule is COc1ccc(C(=O)[C@H]2CC(=O)Nc3c2c(C)nn3-c2cccc(C)c2C)cc1OC. The van der Waals surface area contributed by atoms with Crippen molar-refractivity contribution < 1.29 is 19.1 Å². The summed E-state index contributed by atoms with van der Waals surface area (Å²) in [7, 11) is 3.07. The number of amides is 1. The first kappa shape index (κ1) is 20.7. The van der Waals surface area contributed by atoms with Crippen LogP contribution < -0.4 is 14.8 Å². The fourth-order valence-corrected chi connectivity index (χ4v) is 4.10. The van der Waals surface area contributed by atoms with E-state index in [-0.39, 0.29) is 18.1 Å². The molecule has 7 nitrogen and oxygen atoms in total. The lowest BCUT2D eigenvalue weighted by Crippen LogP contribution is -2.28. The van der Waals surface area contributed by atoms with Crippen molar-refractivity contribution in [2.45, 2.75) is 33.1 Å². The molecule has 0 unspecified atom stereocenters. The monoisotopic (exact) mass is 419 g/mol. The number of aromatic nitrogens is 2. The number of ether oxygens (including phenoxy) is 2. The summed E-state index contributed by atoms with van der Waals surface area (Å²) in [6.45, 7) is 5.92. The van der Waals surface area contributed by atoms with Gasteiger partial charge in [-0.25, -0.2) is 4.68 Å². The fraction of sp³-hybridized carbons (Fsp3) is 0.292. The molecule has 4 rings (SSSR count). The maximum Gasteiger partial charge on any atom is 0.226 e. The number of hydrogen-bond donors (Lipinski definition) is 1. The van der Waals surface area contributed by atoms with Crippen molar-refractivity contribution in [2.75, 3.05) is 19.5 Å². The van der Waals surface area contributed by atoms with Gasteiger partial charge in [0.25, 0.3) is 0 Å². The molecule has 160 valence electrons. The summed E-state index contributed by atoms with van der Waals surface area (Å²) in [6.07, 6.45) is 0.0690. The fourth-order valence-electron chi connectivity index (χ4n) is 4.10. The summed E-state index contributed by atoms with van der Waals surface area (Å²) in [5, 5.41) is 7.63. The third-order valence-electron chi connectivity index (χ3n) is 5.89. The predicted molar refractivity (Wildman–Crippen MR) is 118 cm³/mol. The van der Waals surface area contributed by atoms with E-state index in [0.29, 0.717) is 22.9 Å². The van der Waals surface area contributed by atoms with Gasteiger partial charge in [0, 0.05) is 17.5 Å². The van der Waals surface area contributed by atoms with Crippen molar-refractivity contribution in [3.63, 3.8) is 0 Å². The second kappa shape index (κ2) is 7.91. The largest absolute Gasteiger partial charge is 0.493 e. The zero-order valence-corrected chi connectivity index (χ0v) is 18.3. The van der Waals surface area contributed by atoms with Crippen molar-refractivity contribution in [1.82, 2.24) is 9.78 Å². The molecule has 1 aliphatic rings. The van der Waals surface area contributed by atoms with Gasteiger partial charge in [0.05, 0.1) is 31.5 Å². The Morgan fingerprint density at radius 2 is 1.84 bits per heavy atom. The van der Waals surface area contributed by atoms with E-state index in [1.165, 1.54) is 7.11 Å². The average Bonchev–Trinajstić information content (AvgIpc) is 3.09. The quantitative estimate of drug-likeness (QED) is 0.629. The van der Waals surface area contributed by atoms with Crippen LogP contribution >= 0.6 is 0 Å². The second-order valence-electron chi connectivity index (χ2n) is 7.72. The van der Waals surface area contributed by atoms with Crippen molar-refractivity contribution in [2.24, 2.45) is 0 Å². The van der Waals surface area contributed by atoms with Gasteiger partial charge in [0.15, 0.2) is 17.3 Å². The molecule has 0 spiro atoms. The number of ketones is 1. The Bertz CT molecular complexity index is 1200. The predicted octanol–water partition coefficient (Wildman–Crippen LogP) is 4.12. The van der Waals surface area contributed by atoms with Crippen LogP contribution in [0.25, 0.3) is 5.69 Å². The van der Waals surface area contributed by atoms with Gasteiger partial charge in [-0.05, 0) is 56.2 Å². The zero-order chi connectivity index (χ0) is 22.3. The van der Waals surface area contributed by atoms with Gasteiger partial charge in [-0.3, -0.25) is 9.59 Å². The molecule has 1 N–H and O–H groups in total. The van der Waals surface area contributed by atoms with Crippen LogP contribution in [0.2, 0.25) is 0 Å². The molecule has 1 amide bonds. The van der Waals surface area contributed by atoms with Crippen molar-refractivity contribution in [3.8, 4) is 17.2 Å². The Kier molecular flexibility index (Phi) is 5.27. The van der Waals surface area contributed by atoms with E-state index in [1.807, 2.05) is 39.0 Å². The van der Waals surface area contributed by atoms with Crippen LogP contribution in [0.15, 0.2) is 36.4 Å². The number of nitrogens with one attached hydrogen (secondary N) is 1. The van der Waals surface area contributed by atoms with Crippen LogP contribution in [0.1, 0.15) is 45.1 Å². The highest BCUT2D eigenvalue weighted by Crippen LogP contribution is 2.39. The lowest BCUT2D eigenvalue weighted by Gasteiger charge is -2.24. The maximum atomic E-state index is 13.5. The highest BCUT2D eigenvalue weighted by Gasteiger charge is 2.36. The molecule has 0 fully saturated rings. The summed E-state index contributed by atoms with van der Waals surface area (Å²) in [5.74, 6) is 0.581. The van der Waals surface area contributed by atoms with Crippen LogP contribution in [-0.4, -0.2) is 35.7 Å². The van der Waals surface area contributed by atoms with Gasteiger partial charge >= 0.3 is 0 Å². The van der Waals surface area contributed by atoms with E-state index in [9.17, 15) is 9.59 Å². The number of aryl methyl sites for hydroxylation is 2. The molecule has 0 bridgehead atoms. The van der Waals surface area contributed by atoms with E-state index in [0.717, 1.165) is 28.1 Å². The number of anilines is 1. The molecule has 0 saturated heterocycles. The van der Waals surface area contributed by atoms with E-state index in [1.54, 1.807) is 30.0 Å². The minimum atomic E-state index is -0.624. The van der Waals surface area contributed by atoms with Gasteiger partial charge in [0.2, 0.25) is 5.91 Å². The van der Waals surface area contributed by atoms with Crippen molar-refractivity contribution >= 4 is 17.5 Å². The molecule has 3 aromatic rings. The molecule has 31 heavy (non-hydrogen) atoms. The van der Waals surface area contributed by atoms with Crippen molar-refractivity contribution in [1.29, 1.82) is 0 Å². The number of hydrogen-bond acceptors (Lipinski definition) is 5. The van der Waals surface area contributed by atoms with E-state index >= 15 is 0 Å². The zero-order valence-electron chi connectivity index (χ0n) is 18.3. The number of carbonyl (C=O) groups excluding carboxylic acids is 2. The second-order valence-corrected chi connectivity index (χ2v) is 7.72. The summed E-state index contributed by atoms with van der Waals surface area (Å²) < 4.78 is 12.3. The Hall–Kier alpha value is -3.61. The summed E-state index contributed by atoms with van der Waals surface area (Å²) in [5.41, 5.74) is 5.00. The van der Waals surface area contributed by atoms with Crippen LogP contribution in [0.3, 0.4) is 0 Å². The molecule has 2 heterocycles. The number of carbonyl (C=O) groups is 2. The smallest absolute Gasteiger partial charge is 0.226 e. The lowest BCUT2D eigenvalue weighted by atomic mass is 9.85. The average molecular weight is 419 g/mol. The van der Waals surface area contributed by atoms with E-state index < -0.39 is 5.92 Å². The standard InChI is InChI=1S/C24H25N3O4/c1-13-7-6-8-18(14(13)2)27-24-22(15(3)26-27)17(12-21(28)25-24)23(29)16-9-10-19(30-4)20(11-16)31-5/h6-11,17H,12H2,1-5H3,(H,25,28)/t17-/m0/s1. The third-order valence-corrected chi connectivity index (χ3v) is 5.89. The maximum absolute atomic E-state index is 13.5. The molecular weight excluding hydrogens is 394 g/mol. The molecule has 0 aliphatic carbocycles. The first-order valence-corrected chi connectivity index (χ1v) is 10.1. The van der Waals surface area contributed by atoms with Crippen LogP contribution in [0.4, 0.5) is 5.82 Å². The minimum absolute atomic E-state index is 0.0690. The first-order chi connectivity index (χ1) is 14.8. The van der Waals surface area contributed by atoms with Gasteiger partial charge < -0.3 is 14.8 Å². The van der Waals surface area contributed by atoms with Crippen LogP contribution in [0.5, 0.6) is 11.5 Å². The topological polar surface area (TPSA) is 82.5 Å². The van der Waals surface area contributed by atoms with Gasteiger partial charge in [-0.1, -0.05) is 12.1 Å². The molecular formula is C24H25N3O4. The molecule has 2 aromatic carbocycles. The van der Waals surface area contributed by atoms with E-state index in [2.05, 4.69) is 5.32 Å². The normalized spacial score (nSPS) is 15.3. The third kappa shape index (κ3) is 3.46. The summed E-state index contributed by atoms with van der Waals surface area (Å²) in [6, 6.07) is 11.0. The molecule has 1 atom stereocenters. The number of benzene rings is 2. The summed E-state index contributed by atoms with van der Waals surface area (Å²) >= 11 is 0. The Balaban J connectivity index is 1.82. The highest BCUT2D eigenvalue weighted by molar-refractivity contribution is 6.08. The highest BCUT2D eigenvalue weighted by atomic mass is 16.5. The van der Waals surface area contributed by atoms with Crippen LogP contribution in [-0.2, 0) is 4.79 Å². The van der Waals surface area contributed by atoms with Crippen LogP contribution in [0, 0.1) is 20.8 Å². The molecule has 7 heteroatoms.